The molecule has 10 aliphatic rings. The number of nitrogens with two attached hydrogens (primary N) is 2. The molecular formula is C48H66N2O8. The first-order valence-corrected chi connectivity index (χ1v) is 22.5. The van der Waals surface area contributed by atoms with Gasteiger partial charge in [-0.05, 0) is 135 Å². The van der Waals surface area contributed by atoms with Crippen LogP contribution in [0.15, 0.2) is 48.5 Å². The largest absolute Gasteiger partial charge is 0.545 e. The van der Waals surface area contributed by atoms with Crippen LogP contribution >= 0.6 is 0 Å². The first kappa shape index (κ1) is 42.7. The van der Waals surface area contributed by atoms with E-state index in [-0.39, 0.29) is 33.5 Å². The summed E-state index contributed by atoms with van der Waals surface area (Å²) in [6.45, 7) is 3.15. The second-order valence-electron chi connectivity index (χ2n) is 20.0. The van der Waals surface area contributed by atoms with Crippen LogP contribution in [0.2, 0.25) is 0 Å². The average Bonchev–Trinajstić information content (AvgIpc) is 3.93. The van der Waals surface area contributed by atoms with Crippen LogP contribution in [0.4, 0.5) is 0 Å². The highest BCUT2D eigenvalue weighted by Crippen LogP contribution is 2.62. The van der Waals surface area contributed by atoms with Gasteiger partial charge < -0.3 is 40.6 Å². The zero-order valence-electron chi connectivity index (χ0n) is 34.3. The number of carbonyl (C=O) groups is 4. The van der Waals surface area contributed by atoms with E-state index in [4.69, 9.17) is 10.2 Å². The zero-order valence-corrected chi connectivity index (χ0v) is 34.3. The van der Waals surface area contributed by atoms with E-state index in [1.807, 2.05) is 0 Å². The summed E-state index contributed by atoms with van der Waals surface area (Å²) in [7, 11) is 0. The zero-order chi connectivity index (χ0) is 40.9. The summed E-state index contributed by atoms with van der Waals surface area (Å²) >= 11 is 0. The molecule has 2 heterocycles. The molecule has 0 radical (unpaired) electrons. The van der Waals surface area contributed by atoms with Crippen molar-refractivity contribution in [3.8, 4) is 0 Å². The molecule has 8 aliphatic carbocycles. The Morgan fingerprint density at radius 1 is 0.500 bits per heavy atom. The summed E-state index contributed by atoms with van der Waals surface area (Å²) < 4.78 is 0. The van der Waals surface area contributed by atoms with Crippen molar-refractivity contribution in [2.75, 3.05) is 26.3 Å². The minimum absolute atomic E-state index is 0.131. The van der Waals surface area contributed by atoms with Crippen molar-refractivity contribution >= 4 is 23.5 Å². The van der Waals surface area contributed by atoms with Gasteiger partial charge in [-0.25, -0.2) is 0 Å². The Morgan fingerprint density at radius 2 is 0.776 bits per heavy atom. The van der Waals surface area contributed by atoms with Gasteiger partial charge in [0, 0.05) is 49.7 Å². The summed E-state index contributed by atoms with van der Waals surface area (Å²) in [5, 5.41) is 43.1. The molecule has 0 unspecified atom stereocenters. The molecule has 0 amide bonds. The summed E-state index contributed by atoms with van der Waals surface area (Å²) in [5.74, 6) is 3.04. The monoisotopic (exact) mass is 798 g/mol. The number of carboxylic acids is 2. The van der Waals surface area contributed by atoms with Gasteiger partial charge in [0.2, 0.25) is 0 Å². The fourth-order valence-corrected chi connectivity index (χ4v) is 13.5. The molecule has 0 aromatic heterocycles. The van der Waals surface area contributed by atoms with Gasteiger partial charge in [0.25, 0.3) is 0 Å². The Morgan fingerprint density at radius 3 is 0.983 bits per heavy atom. The maximum atomic E-state index is 12.6. The van der Waals surface area contributed by atoms with Crippen LogP contribution in [0.25, 0.3) is 0 Å². The maximum absolute atomic E-state index is 12.6. The molecular weight excluding hydrogens is 733 g/mol. The van der Waals surface area contributed by atoms with Gasteiger partial charge in [0.1, 0.15) is 12.1 Å². The second kappa shape index (κ2) is 18.9. The minimum atomic E-state index is -1.19. The Labute approximate surface area is 344 Å². The minimum Gasteiger partial charge on any atom is -0.545 e. The highest BCUT2D eigenvalue weighted by Gasteiger charge is 2.52. The number of Topliss-reactive ketones (excluding diaryl/α,β-unsaturated/α-hetero) is 2. The van der Waals surface area contributed by atoms with Crippen LogP contribution < -0.4 is 20.8 Å². The van der Waals surface area contributed by atoms with E-state index in [0.717, 1.165) is 35.5 Å². The molecule has 2 aromatic rings. The number of rotatable bonds is 10. The van der Waals surface area contributed by atoms with Gasteiger partial charge in [-0.3, -0.25) is 9.59 Å². The predicted molar refractivity (Wildman–Crippen MR) is 214 cm³/mol. The van der Waals surface area contributed by atoms with Crippen molar-refractivity contribution < 1.29 is 50.2 Å². The van der Waals surface area contributed by atoms with Crippen LogP contribution in [0, 0.1) is 46.3 Å². The third-order valence-corrected chi connectivity index (χ3v) is 15.3. The molecule has 2 aliphatic heterocycles. The molecule has 6 N–H and O–H groups in total. The van der Waals surface area contributed by atoms with Crippen LogP contribution in [0.5, 0.6) is 0 Å². The lowest BCUT2D eigenvalue weighted by Gasteiger charge is -2.56. The Kier molecular flexibility index (Phi) is 13.9. The third-order valence-electron chi connectivity index (χ3n) is 15.3. The summed E-state index contributed by atoms with van der Waals surface area (Å²) in [6.07, 6.45) is 21.9. The molecule has 10 nitrogen and oxygen atoms in total. The average molecular weight is 799 g/mol. The van der Waals surface area contributed by atoms with Gasteiger partial charge >= 0.3 is 0 Å². The highest BCUT2D eigenvalue weighted by molar-refractivity contribution is 5.98. The first-order valence-electron chi connectivity index (χ1n) is 22.5. The first-order chi connectivity index (χ1) is 27.9. The molecule has 2 aromatic carbocycles. The Balaban J connectivity index is 0.000000133. The van der Waals surface area contributed by atoms with Gasteiger partial charge in [0.15, 0.2) is 11.6 Å². The van der Waals surface area contributed by atoms with Crippen molar-refractivity contribution in [3.63, 3.8) is 0 Å². The topological polar surface area (TPSA) is 188 Å². The molecule has 10 fully saturated rings. The van der Waals surface area contributed by atoms with Crippen molar-refractivity contribution in [1.29, 1.82) is 0 Å². The highest BCUT2D eigenvalue weighted by atomic mass is 16.4. The number of carboxylic acid groups (broad SMARTS) is 2. The van der Waals surface area contributed by atoms with E-state index in [1.165, 1.54) is 140 Å². The number of aliphatic hydroxyl groups is 2. The lowest BCUT2D eigenvalue weighted by atomic mass is 9.48. The smallest absolute Gasteiger partial charge is 0.163 e. The molecule has 2 atom stereocenters. The lowest BCUT2D eigenvalue weighted by molar-refractivity contribution is -0.671. The summed E-state index contributed by atoms with van der Waals surface area (Å²) in [6, 6.07) is 13.5. The van der Waals surface area contributed by atoms with Crippen LogP contribution in [0.3, 0.4) is 0 Å². The number of carbonyl (C=O) groups excluding carboxylic acids is 4. The number of hydrogen-bond donors (Lipinski definition) is 4. The SMILES string of the molecule is O=C([O-])c1ccc(C(=O)CC23CC4CC(CC(C4)C2)C3)cc1.O=C([O-])c1ccc(C(=O)CC23CC4CC(CC(C4)C2)C3)cc1.OC[C@@H]1CCC[NH2+]1.OC[C@@H]1CCC[NH2+]1. The van der Waals surface area contributed by atoms with Crippen molar-refractivity contribution in [2.45, 2.75) is 128 Å². The lowest BCUT2D eigenvalue weighted by Crippen LogP contribution is -2.87. The summed E-state index contributed by atoms with van der Waals surface area (Å²) in [4.78, 5) is 46.9. The number of aliphatic hydroxyl groups excluding tert-OH is 2. The van der Waals surface area contributed by atoms with E-state index in [9.17, 15) is 29.4 Å². The normalized spacial score (nSPS) is 34.5. The van der Waals surface area contributed by atoms with Gasteiger partial charge in [-0.2, -0.15) is 0 Å². The maximum Gasteiger partial charge on any atom is 0.163 e. The molecule has 58 heavy (non-hydrogen) atoms. The second-order valence-corrected chi connectivity index (χ2v) is 20.0. The van der Waals surface area contributed by atoms with Gasteiger partial charge in [-0.1, -0.05) is 48.5 Å². The summed E-state index contributed by atoms with van der Waals surface area (Å²) in [5.41, 5.74) is 2.01. The molecule has 2 saturated heterocycles. The fraction of sp³-hybridized carbons (Fsp3) is 0.667. The van der Waals surface area contributed by atoms with Crippen molar-refractivity contribution in [1.82, 2.24) is 0 Å². The van der Waals surface area contributed by atoms with Gasteiger partial charge in [0.05, 0.1) is 38.2 Å². The molecule has 8 saturated carbocycles. The van der Waals surface area contributed by atoms with E-state index < -0.39 is 11.9 Å². The number of hydrogen-bond acceptors (Lipinski definition) is 8. The Hall–Kier alpha value is -3.44. The molecule has 0 spiro atoms. The van der Waals surface area contributed by atoms with E-state index in [0.29, 0.717) is 49.3 Å². The van der Waals surface area contributed by atoms with E-state index in [2.05, 4.69) is 10.6 Å². The molecule has 8 bridgehead atoms. The Bertz CT molecular complexity index is 1530. The van der Waals surface area contributed by atoms with Crippen molar-refractivity contribution in [3.05, 3.63) is 70.8 Å². The number of ketones is 2. The number of quaternary nitrogens is 2. The van der Waals surface area contributed by atoms with Crippen LogP contribution in [0.1, 0.15) is 157 Å². The standard InChI is InChI=1S/2C19H22O3.2C5H11NO/c2*20-17(15-1-3-16(4-2-15)18(21)22)11-19-8-12-5-13(9-19)7-14(6-12)10-19;2*7-4-5-2-1-3-6-5/h2*1-4,12-14H,5-11H2,(H,21,22);2*5-7H,1-4H2/t;;2*5-/m..00/s1. The van der Waals surface area contributed by atoms with Crippen LogP contribution in [-0.4, -0.2) is 72.1 Å². The quantitative estimate of drug-likeness (QED) is 0.264. The molecule has 316 valence electrons. The third kappa shape index (κ3) is 10.6. The molecule has 10 heteroatoms. The fourth-order valence-electron chi connectivity index (χ4n) is 13.5. The molecule has 12 rings (SSSR count). The van der Waals surface area contributed by atoms with Crippen molar-refractivity contribution in [2.24, 2.45) is 46.3 Å². The van der Waals surface area contributed by atoms with Crippen LogP contribution in [-0.2, 0) is 0 Å². The number of benzene rings is 2. The van der Waals surface area contributed by atoms with Gasteiger partial charge in [-0.15, -0.1) is 0 Å². The van der Waals surface area contributed by atoms with E-state index >= 15 is 0 Å². The van der Waals surface area contributed by atoms with E-state index in [1.54, 1.807) is 24.3 Å². The predicted octanol–water partition coefficient (Wildman–Crippen LogP) is 3.09. The number of aromatic carboxylic acids is 2.